The summed E-state index contributed by atoms with van der Waals surface area (Å²) < 4.78 is 5.66. The topological polar surface area (TPSA) is 95.9 Å². The van der Waals surface area contributed by atoms with Crippen LogP contribution in [0.25, 0.3) is 11.1 Å². The van der Waals surface area contributed by atoms with E-state index in [4.69, 9.17) is 4.74 Å². The largest absolute Gasteiger partial charge is 0.481 e. The Kier molecular flexibility index (Phi) is 6.62. The second-order valence-electron chi connectivity index (χ2n) is 11.2. The predicted molar refractivity (Wildman–Crippen MR) is 133 cm³/mol. The van der Waals surface area contributed by atoms with E-state index in [-0.39, 0.29) is 30.4 Å². The fraction of sp³-hybridized carbons (Fsp3) is 0.464. The van der Waals surface area contributed by atoms with Gasteiger partial charge in [0.1, 0.15) is 12.6 Å². The van der Waals surface area contributed by atoms with Crippen molar-refractivity contribution in [1.29, 1.82) is 0 Å². The Bertz CT molecular complexity index is 1090. The quantitative estimate of drug-likeness (QED) is 0.630. The third kappa shape index (κ3) is 5.19. The SMILES string of the molecule is CC(C)(C)CC(NC(=O)OCC1c2ccccc2-c2ccccc21)C(=O)N1CCC(C)(C(=O)O)C1. The summed E-state index contributed by atoms with van der Waals surface area (Å²) >= 11 is 0. The molecular weight excluding hydrogens is 444 g/mol. The predicted octanol–water partition coefficient (Wildman–Crippen LogP) is 4.65. The number of carboxylic acids is 1. The number of hydrogen-bond donors (Lipinski definition) is 2. The highest BCUT2D eigenvalue weighted by Crippen LogP contribution is 2.44. The first-order valence-corrected chi connectivity index (χ1v) is 12.1. The van der Waals surface area contributed by atoms with Crippen LogP contribution in [0.4, 0.5) is 4.79 Å². The Balaban J connectivity index is 1.45. The number of aliphatic carboxylic acids is 1. The first-order chi connectivity index (χ1) is 16.5. The van der Waals surface area contributed by atoms with Crippen LogP contribution in [0.15, 0.2) is 48.5 Å². The molecule has 2 amide bonds. The van der Waals surface area contributed by atoms with Crippen molar-refractivity contribution in [3.05, 3.63) is 59.7 Å². The minimum Gasteiger partial charge on any atom is -0.481 e. The van der Waals surface area contributed by atoms with Gasteiger partial charge in [0.15, 0.2) is 0 Å². The molecule has 1 aliphatic carbocycles. The summed E-state index contributed by atoms with van der Waals surface area (Å²) in [4.78, 5) is 39.4. The van der Waals surface area contributed by atoms with Gasteiger partial charge in [-0.25, -0.2) is 4.79 Å². The van der Waals surface area contributed by atoms with Crippen molar-refractivity contribution in [2.75, 3.05) is 19.7 Å². The number of amides is 2. The molecule has 2 aromatic carbocycles. The van der Waals surface area contributed by atoms with Crippen molar-refractivity contribution < 1.29 is 24.2 Å². The highest BCUT2D eigenvalue weighted by molar-refractivity contribution is 5.87. The number of hydrogen-bond acceptors (Lipinski definition) is 4. The van der Waals surface area contributed by atoms with Gasteiger partial charge in [0, 0.05) is 19.0 Å². The normalized spacial score (nSPS) is 20.2. The summed E-state index contributed by atoms with van der Waals surface area (Å²) in [5.74, 6) is -1.25. The molecule has 2 aromatic rings. The van der Waals surface area contributed by atoms with Crippen molar-refractivity contribution in [2.24, 2.45) is 10.8 Å². The van der Waals surface area contributed by atoms with E-state index in [0.717, 1.165) is 22.3 Å². The lowest BCUT2D eigenvalue weighted by Crippen LogP contribution is -2.50. The number of rotatable bonds is 6. The van der Waals surface area contributed by atoms with Gasteiger partial charge in [0.2, 0.25) is 5.91 Å². The lowest BCUT2D eigenvalue weighted by Gasteiger charge is -2.30. The molecule has 186 valence electrons. The molecule has 2 N–H and O–H groups in total. The molecule has 7 nitrogen and oxygen atoms in total. The van der Waals surface area contributed by atoms with Crippen LogP contribution in [-0.4, -0.2) is 53.7 Å². The standard InChI is InChI=1S/C28H34N2O5/c1-27(2,3)15-23(24(31)30-14-13-28(4,17-30)25(32)33)29-26(34)35-16-22-20-11-7-5-9-18(20)19-10-6-8-12-21(19)22/h5-12,22-23H,13-17H2,1-4H3,(H,29,34)(H,32,33). The van der Waals surface area contributed by atoms with Gasteiger partial charge < -0.3 is 20.1 Å². The monoisotopic (exact) mass is 478 g/mol. The summed E-state index contributed by atoms with van der Waals surface area (Å²) in [6.07, 6.45) is 0.159. The number of ether oxygens (including phenoxy) is 1. The number of benzene rings is 2. The minimum atomic E-state index is -0.967. The average Bonchev–Trinajstić information content (AvgIpc) is 3.35. The van der Waals surface area contributed by atoms with Crippen LogP contribution in [0.2, 0.25) is 0 Å². The maximum atomic E-state index is 13.3. The van der Waals surface area contributed by atoms with E-state index < -0.39 is 23.5 Å². The Morgan fingerprint density at radius 2 is 1.66 bits per heavy atom. The molecule has 2 atom stereocenters. The summed E-state index contributed by atoms with van der Waals surface area (Å²) in [5.41, 5.74) is 3.34. The zero-order valence-electron chi connectivity index (χ0n) is 20.8. The van der Waals surface area contributed by atoms with Crippen LogP contribution < -0.4 is 5.32 Å². The lowest BCUT2D eigenvalue weighted by molar-refractivity contribution is -0.147. The number of carbonyl (C=O) groups excluding carboxylic acids is 2. The number of alkyl carbamates (subject to hydrolysis) is 1. The minimum absolute atomic E-state index is 0.0697. The third-order valence-electron chi connectivity index (χ3n) is 7.05. The first kappa shape index (κ1) is 24.8. The Morgan fingerprint density at radius 1 is 1.09 bits per heavy atom. The molecule has 1 saturated heterocycles. The number of likely N-dealkylation sites (tertiary alicyclic amines) is 1. The van der Waals surface area contributed by atoms with E-state index in [1.54, 1.807) is 11.8 Å². The fourth-order valence-corrected chi connectivity index (χ4v) is 5.14. The van der Waals surface area contributed by atoms with Gasteiger partial charge in [0.05, 0.1) is 5.41 Å². The van der Waals surface area contributed by atoms with Gasteiger partial charge in [-0.2, -0.15) is 0 Å². The number of carbonyl (C=O) groups is 3. The molecule has 0 saturated carbocycles. The lowest BCUT2D eigenvalue weighted by atomic mass is 9.87. The zero-order valence-corrected chi connectivity index (χ0v) is 20.8. The summed E-state index contributed by atoms with van der Waals surface area (Å²) in [7, 11) is 0. The highest BCUT2D eigenvalue weighted by Gasteiger charge is 2.44. The molecule has 1 aliphatic heterocycles. The molecule has 35 heavy (non-hydrogen) atoms. The number of fused-ring (bicyclic) bond motifs is 3. The molecule has 7 heteroatoms. The molecule has 2 unspecified atom stereocenters. The van der Waals surface area contributed by atoms with Gasteiger partial charge in [-0.3, -0.25) is 9.59 Å². The molecule has 0 spiro atoms. The van der Waals surface area contributed by atoms with E-state index in [0.29, 0.717) is 19.4 Å². The van der Waals surface area contributed by atoms with Crippen molar-refractivity contribution in [1.82, 2.24) is 10.2 Å². The van der Waals surface area contributed by atoms with Crippen LogP contribution in [0.3, 0.4) is 0 Å². The van der Waals surface area contributed by atoms with Gasteiger partial charge >= 0.3 is 12.1 Å². The summed E-state index contributed by atoms with van der Waals surface area (Å²) in [5, 5.41) is 12.3. The second-order valence-corrected chi connectivity index (χ2v) is 11.2. The maximum absolute atomic E-state index is 13.3. The molecule has 1 heterocycles. The van der Waals surface area contributed by atoms with Gasteiger partial charge in [-0.15, -0.1) is 0 Å². The Morgan fingerprint density at radius 3 is 2.17 bits per heavy atom. The van der Waals surface area contributed by atoms with E-state index in [9.17, 15) is 19.5 Å². The average molecular weight is 479 g/mol. The summed E-state index contributed by atoms with van der Waals surface area (Å²) in [6.45, 7) is 8.30. The van der Waals surface area contributed by atoms with Crippen LogP contribution in [0, 0.1) is 10.8 Å². The van der Waals surface area contributed by atoms with Crippen molar-refractivity contribution in [2.45, 2.75) is 52.5 Å². The third-order valence-corrected chi connectivity index (χ3v) is 7.05. The Hall–Kier alpha value is -3.35. The number of nitrogens with one attached hydrogen (secondary N) is 1. The van der Waals surface area contributed by atoms with Crippen LogP contribution in [0.5, 0.6) is 0 Å². The summed E-state index contributed by atoms with van der Waals surface area (Å²) in [6, 6.07) is 15.4. The van der Waals surface area contributed by atoms with E-state index >= 15 is 0 Å². The molecule has 4 rings (SSSR count). The van der Waals surface area contributed by atoms with Crippen LogP contribution in [-0.2, 0) is 14.3 Å². The van der Waals surface area contributed by atoms with Crippen molar-refractivity contribution >= 4 is 18.0 Å². The van der Waals surface area contributed by atoms with Crippen molar-refractivity contribution in [3.8, 4) is 11.1 Å². The van der Waals surface area contributed by atoms with E-state index in [2.05, 4.69) is 29.6 Å². The second kappa shape index (κ2) is 9.36. The van der Waals surface area contributed by atoms with Gasteiger partial charge in [-0.05, 0) is 47.4 Å². The van der Waals surface area contributed by atoms with Crippen LogP contribution in [0.1, 0.15) is 57.6 Å². The molecule has 1 fully saturated rings. The van der Waals surface area contributed by atoms with Gasteiger partial charge in [-0.1, -0.05) is 69.3 Å². The number of carboxylic acid groups (broad SMARTS) is 1. The molecule has 0 aromatic heterocycles. The van der Waals surface area contributed by atoms with Crippen molar-refractivity contribution in [3.63, 3.8) is 0 Å². The molecule has 0 radical (unpaired) electrons. The van der Waals surface area contributed by atoms with Gasteiger partial charge in [0.25, 0.3) is 0 Å². The Labute approximate surface area is 206 Å². The molecular formula is C28H34N2O5. The first-order valence-electron chi connectivity index (χ1n) is 12.1. The molecule has 0 bridgehead atoms. The smallest absolute Gasteiger partial charge is 0.407 e. The van der Waals surface area contributed by atoms with E-state index in [1.807, 2.05) is 45.0 Å². The number of nitrogens with zero attached hydrogens (tertiary/aromatic N) is 1. The highest BCUT2D eigenvalue weighted by atomic mass is 16.5. The van der Waals surface area contributed by atoms with Crippen LogP contribution >= 0.6 is 0 Å². The fourth-order valence-electron chi connectivity index (χ4n) is 5.14. The van der Waals surface area contributed by atoms with E-state index in [1.165, 1.54) is 0 Å². The molecule has 2 aliphatic rings. The maximum Gasteiger partial charge on any atom is 0.407 e. The zero-order chi connectivity index (χ0) is 25.4.